The number of hydrogen-bond donors (Lipinski definition) is 1. The predicted octanol–water partition coefficient (Wildman–Crippen LogP) is 2.90. The van der Waals surface area contributed by atoms with E-state index in [1.54, 1.807) is 7.11 Å². The van der Waals surface area contributed by atoms with Crippen molar-refractivity contribution in [2.75, 3.05) is 13.7 Å². The molecule has 0 amide bonds. The van der Waals surface area contributed by atoms with E-state index in [2.05, 4.69) is 39.0 Å². The minimum absolute atomic E-state index is 0.255. The van der Waals surface area contributed by atoms with E-state index in [1.807, 2.05) is 0 Å². The van der Waals surface area contributed by atoms with E-state index in [-0.39, 0.29) is 5.54 Å². The van der Waals surface area contributed by atoms with Gasteiger partial charge in [-0.2, -0.15) is 0 Å². The largest absolute Gasteiger partial charge is 0.385 e. The van der Waals surface area contributed by atoms with Gasteiger partial charge >= 0.3 is 0 Å². The molecule has 90 valence electrons. The van der Waals surface area contributed by atoms with Crippen molar-refractivity contribution >= 4 is 0 Å². The van der Waals surface area contributed by atoms with Gasteiger partial charge in [0.1, 0.15) is 0 Å². The first-order valence-electron chi connectivity index (χ1n) is 5.83. The highest BCUT2D eigenvalue weighted by Gasteiger charge is 2.22. The molecule has 0 aromatic heterocycles. The third-order valence-electron chi connectivity index (χ3n) is 3.05. The molecular weight excluding hydrogens is 198 g/mol. The van der Waals surface area contributed by atoms with E-state index >= 15 is 0 Å². The van der Waals surface area contributed by atoms with Crippen LogP contribution in [0.3, 0.4) is 0 Å². The van der Waals surface area contributed by atoms with E-state index in [4.69, 9.17) is 10.5 Å². The number of nitrogens with two attached hydrogens (primary N) is 1. The van der Waals surface area contributed by atoms with Gasteiger partial charge < -0.3 is 10.5 Å². The first-order chi connectivity index (χ1) is 7.47. The van der Waals surface area contributed by atoms with Gasteiger partial charge in [-0.3, -0.25) is 0 Å². The summed E-state index contributed by atoms with van der Waals surface area (Å²) in [6.45, 7) is 7.10. The Morgan fingerprint density at radius 3 is 2.62 bits per heavy atom. The van der Waals surface area contributed by atoms with Gasteiger partial charge in [0.15, 0.2) is 0 Å². The zero-order valence-electron chi connectivity index (χ0n) is 10.8. The molecule has 1 atom stereocenters. The first-order valence-corrected chi connectivity index (χ1v) is 5.83. The van der Waals surface area contributed by atoms with Gasteiger partial charge in [0.2, 0.25) is 0 Å². The van der Waals surface area contributed by atoms with Crippen LogP contribution < -0.4 is 5.73 Å². The molecule has 0 aliphatic rings. The van der Waals surface area contributed by atoms with E-state index in [9.17, 15) is 0 Å². The Hall–Kier alpha value is -0.860. The molecule has 0 radical (unpaired) electrons. The van der Waals surface area contributed by atoms with Crippen molar-refractivity contribution in [3.05, 3.63) is 34.9 Å². The molecule has 0 saturated heterocycles. The number of methoxy groups -OCH3 is 1. The van der Waals surface area contributed by atoms with Gasteiger partial charge in [-0.15, -0.1) is 0 Å². The smallest absolute Gasteiger partial charge is 0.0463 e. The maximum Gasteiger partial charge on any atom is 0.0463 e. The Kier molecular flexibility index (Phi) is 4.51. The summed E-state index contributed by atoms with van der Waals surface area (Å²) in [6, 6.07) is 6.47. The van der Waals surface area contributed by atoms with E-state index in [0.717, 1.165) is 19.4 Å². The summed E-state index contributed by atoms with van der Waals surface area (Å²) in [6.07, 6.45) is 1.95. The van der Waals surface area contributed by atoms with Crippen LogP contribution in [-0.2, 0) is 10.3 Å². The summed E-state index contributed by atoms with van der Waals surface area (Å²) in [5, 5.41) is 0. The van der Waals surface area contributed by atoms with Crippen molar-refractivity contribution in [3.63, 3.8) is 0 Å². The molecule has 1 unspecified atom stereocenters. The Bertz CT molecular complexity index is 345. The Balaban J connectivity index is 2.83. The van der Waals surface area contributed by atoms with Crippen LogP contribution in [0.15, 0.2) is 18.2 Å². The predicted molar refractivity (Wildman–Crippen MR) is 68.6 cm³/mol. The second kappa shape index (κ2) is 5.46. The SMILES string of the molecule is COCCCC(C)(N)c1cc(C)ccc1C. The van der Waals surface area contributed by atoms with Crippen molar-refractivity contribution in [1.29, 1.82) is 0 Å². The molecule has 0 aliphatic carbocycles. The van der Waals surface area contributed by atoms with Crippen molar-refractivity contribution in [2.24, 2.45) is 5.73 Å². The average molecular weight is 221 g/mol. The molecule has 16 heavy (non-hydrogen) atoms. The van der Waals surface area contributed by atoms with Crippen molar-refractivity contribution in [2.45, 2.75) is 39.2 Å². The fourth-order valence-electron chi connectivity index (χ4n) is 2.07. The topological polar surface area (TPSA) is 35.2 Å². The molecule has 0 heterocycles. The normalized spacial score (nSPS) is 14.8. The number of aryl methyl sites for hydroxylation is 2. The third-order valence-corrected chi connectivity index (χ3v) is 3.05. The Labute approximate surface area is 98.8 Å². The van der Waals surface area contributed by atoms with Crippen LogP contribution in [0.5, 0.6) is 0 Å². The van der Waals surface area contributed by atoms with Gasteiger partial charge in [0.25, 0.3) is 0 Å². The van der Waals surface area contributed by atoms with Crippen molar-refractivity contribution in [3.8, 4) is 0 Å². The molecule has 1 aromatic carbocycles. The molecule has 0 fully saturated rings. The van der Waals surface area contributed by atoms with Crippen LogP contribution in [0.2, 0.25) is 0 Å². The van der Waals surface area contributed by atoms with E-state index in [0.29, 0.717) is 0 Å². The third kappa shape index (κ3) is 3.32. The number of hydrogen-bond acceptors (Lipinski definition) is 2. The highest BCUT2D eigenvalue weighted by atomic mass is 16.5. The summed E-state index contributed by atoms with van der Waals surface area (Å²) in [5.41, 5.74) is 9.93. The monoisotopic (exact) mass is 221 g/mol. The lowest BCUT2D eigenvalue weighted by atomic mass is 9.85. The Morgan fingerprint density at radius 1 is 1.31 bits per heavy atom. The van der Waals surface area contributed by atoms with Crippen molar-refractivity contribution < 1.29 is 4.74 Å². The molecule has 2 N–H and O–H groups in total. The summed E-state index contributed by atoms with van der Waals surface area (Å²) in [4.78, 5) is 0. The van der Waals surface area contributed by atoms with Gasteiger partial charge in [-0.05, 0) is 44.7 Å². The molecule has 1 aromatic rings. The van der Waals surface area contributed by atoms with Gasteiger partial charge in [-0.25, -0.2) is 0 Å². The minimum atomic E-state index is -0.255. The van der Waals surface area contributed by atoms with E-state index in [1.165, 1.54) is 16.7 Å². The van der Waals surface area contributed by atoms with Crippen LogP contribution in [-0.4, -0.2) is 13.7 Å². The standard InChI is InChI=1S/C14H23NO/c1-11-6-7-12(2)13(10-11)14(3,15)8-5-9-16-4/h6-7,10H,5,8-9,15H2,1-4H3. The van der Waals surface area contributed by atoms with Crippen LogP contribution in [0.1, 0.15) is 36.5 Å². The van der Waals surface area contributed by atoms with Crippen LogP contribution in [0, 0.1) is 13.8 Å². The summed E-state index contributed by atoms with van der Waals surface area (Å²) in [5.74, 6) is 0. The highest BCUT2D eigenvalue weighted by Crippen LogP contribution is 2.27. The van der Waals surface area contributed by atoms with Gasteiger partial charge in [0, 0.05) is 19.3 Å². The molecule has 2 heteroatoms. The van der Waals surface area contributed by atoms with Gasteiger partial charge in [-0.1, -0.05) is 23.8 Å². The quantitative estimate of drug-likeness (QED) is 0.776. The number of ether oxygens (including phenoxy) is 1. The van der Waals surface area contributed by atoms with Gasteiger partial charge in [0.05, 0.1) is 0 Å². The maximum atomic E-state index is 6.39. The lowest BCUT2D eigenvalue weighted by Gasteiger charge is -2.27. The summed E-state index contributed by atoms with van der Waals surface area (Å²) in [7, 11) is 1.73. The highest BCUT2D eigenvalue weighted by molar-refractivity contribution is 5.35. The maximum absolute atomic E-state index is 6.39. The summed E-state index contributed by atoms with van der Waals surface area (Å²) < 4.78 is 5.07. The zero-order chi connectivity index (χ0) is 12.2. The lowest BCUT2D eigenvalue weighted by Crippen LogP contribution is -2.34. The molecule has 0 aliphatic heterocycles. The first kappa shape index (κ1) is 13.2. The minimum Gasteiger partial charge on any atom is -0.385 e. The van der Waals surface area contributed by atoms with Crippen LogP contribution >= 0.6 is 0 Å². The Morgan fingerprint density at radius 2 is 2.00 bits per heavy atom. The van der Waals surface area contributed by atoms with Crippen LogP contribution in [0.4, 0.5) is 0 Å². The summed E-state index contributed by atoms with van der Waals surface area (Å²) >= 11 is 0. The van der Waals surface area contributed by atoms with Crippen molar-refractivity contribution in [1.82, 2.24) is 0 Å². The van der Waals surface area contributed by atoms with E-state index < -0.39 is 0 Å². The van der Waals surface area contributed by atoms with Crippen LogP contribution in [0.25, 0.3) is 0 Å². The second-order valence-electron chi connectivity index (χ2n) is 4.83. The molecular formula is C14H23NO. The molecule has 0 bridgehead atoms. The molecule has 0 saturated carbocycles. The fraction of sp³-hybridized carbons (Fsp3) is 0.571. The molecule has 1 rings (SSSR count). The average Bonchev–Trinajstić information content (AvgIpc) is 2.22. The lowest BCUT2D eigenvalue weighted by molar-refractivity contribution is 0.184. The molecule has 0 spiro atoms. The number of benzene rings is 1. The molecule has 2 nitrogen and oxygen atoms in total. The second-order valence-corrected chi connectivity index (χ2v) is 4.83. The number of rotatable bonds is 5. The fourth-order valence-corrected chi connectivity index (χ4v) is 2.07. The zero-order valence-corrected chi connectivity index (χ0v) is 10.8.